The molecule has 1 fully saturated rings. The number of aromatic nitrogens is 2. The molecule has 0 bridgehead atoms. The summed E-state index contributed by atoms with van der Waals surface area (Å²) in [7, 11) is 0. The molecule has 0 spiro atoms. The molecule has 6 nitrogen and oxygen atoms in total. The highest BCUT2D eigenvalue weighted by Gasteiger charge is 2.39. The van der Waals surface area contributed by atoms with Gasteiger partial charge < -0.3 is 10.0 Å². The van der Waals surface area contributed by atoms with E-state index in [1.54, 1.807) is 41.3 Å². The molecule has 138 valence electrons. The summed E-state index contributed by atoms with van der Waals surface area (Å²) in [5, 5.41) is 18.9. The molecule has 1 unspecified atom stereocenters. The molecular weight excluding hydrogens is 366 g/mol. The van der Waals surface area contributed by atoms with Crippen molar-refractivity contribution in [1.82, 2.24) is 15.1 Å². The third-order valence-electron chi connectivity index (χ3n) is 4.96. The fraction of sp³-hybridized carbons (Fsp3) is 0.250. The molecule has 1 aliphatic heterocycles. The van der Waals surface area contributed by atoms with Crippen molar-refractivity contribution in [2.24, 2.45) is 0 Å². The Balaban J connectivity index is 1.57. The van der Waals surface area contributed by atoms with Gasteiger partial charge >= 0.3 is 0 Å². The Hall–Kier alpha value is -2.70. The van der Waals surface area contributed by atoms with E-state index in [4.69, 9.17) is 11.6 Å². The maximum absolute atomic E-state index is 13.0. The number of hydrogen-bond acceptors (Lipinski definition) is 4. The maximum Gasteiger partial charge on any atom is 0.275 e. The zero-order chi connectivity index (χ0) is 19.0. The zero-order valence-electron chi connectivity index (χ0n) is 14.5. The topological polar surface area (TPSA) is 86.3 Å². The van der Waals surface area contributed by atoms with Gasteiger partial charge in [0, 0.05) is 23.4 Å². The summed E-state index contributed by atoms with van der Waals surface area (Å²) in [5.41, 5.74) is -0.172. The molecule has 4 rings (SSSR count). The van der Waals surface area contributed by atoms with Crippen molar-refractivity contribution in [2.45, 2.75) is 18.4 Å². The lowest BCUT2D eigenvalue weighted by atomic mass is 9.94. The fourth-order valence-electron chi connectivity index (χ4n) is 3.58. The number of carbonyl (C=O) groups is 1. The summed E-state index contributed by atoms with van der Waals surface area (Å²) in [4.78, 5) is 26.5. The SMILES string of the molecule is O=C(c1n[nH]c(=O)c2ccccc12)N1CCC(O)(Cc2ccc(Cl)cc2)C1. The molecule has 2 N–H and O–H groups in total. The number of aromatic amines is 1. The van der Waals surface area contributed by atoms with E-state index in [9.17, 15) is 14.7 Å². The van der Waals surface area contributed by atoms with Gasteiger partial charge in [0.1, 0.15) is 0 Å². The molecule has 0 saturated carbocycles. The predicted molar refractivity (Wildman–Crippen MR) is 103 cm³/mol. The van der Waals surface area contributed by atoms with E-state index in [-0.39, 0.29) is 23.7 Å². The van der Waals surface area contributed by atoms with Crippen LogP contribution in [-0.2, 0) is 6.42 Å². The van der Waals surface area contributed by atoms with Crippen molar-refractivity contribution in [1.29, 1.82) is 0 Å². The van der Waals surface area contributed by atoms with Crippen molar-refractivity contribution in [2.75, 3.05) is 13.1 Å². The number of hydrogen-bond donors (Lipinski definition) is 2. The average Bonchev–Trinajstić information content (AvgIpc) is 3.06. The highest BCUT2D eigenvalue weighted by molar-refractivity contribution is 6.30. The van der Waals surface area contributed by atoms with E-state index in [0.29, 0.717) is 35.2 Å². The molecular formula is C20H18ClN3O3. The van der Waals surface area contributed by atoms with Crippen LogP contribution < -0.4 is 5.56 Å². The molecule has 2 heterocycles. The lowest BCUT2D eigenvalue weighted by molar-refractivity contribution is 0.0443. The van der Waals surface area contributed by atoms with Gasteiger partial charge in [0.2, 0.25) is 0 Å². The number of aliphatic hydroxyl groups is 1. The summed E-state index contributed by atoms with van der Waals surface area (Å²) >= 11 is 5.91. The highest BCUT2D eigenvalue weighted by Crippen LogP contribution is 2.28. The van der Waals surface area contributed by atoms with Crippen molar-refractivity contribution < 1.29 is 9.90 Å². The average molecular weight is 384 g/mol. The molecule has 0 radical (unpaired) electrons. The van der Waals surface area contributed by atoms with Crippen LogP contribution in [0.1, 0.15) is 22.5 Å². The number of halogens is 1. The lowest BCUT2D eigenvalue weighted by Gasteiger charge is -2.23. The molecule has 1 amide bonds. The second-order valence-electron chi connectivity index (χ2n) is 6.95. The van der Waals surface area contributed by atoms with Gasteiger partial charge in [-0.15, -0.1) is 0 Å². The standard InChI is InChI=1S/C20H18ClN3O3/c21-14-7-5-13(6-8-14)11-20(27)9-10-24(12-20)19(26)17-15-3-1-2-4-16(15)18(25)23-22-17/h1-8,27H,9-12H2,(H,23,25). The van der Waals surface area contributed by atoms with Gasteiger partial charge in [-0.2, -0.15) is 5.10 Å². The van der Waals surface area contributed by atoms with Gasteiger partial charge in [0.25, 0.3) is 11.5 Å². The number of β-amino-alcohol motifs (C(OH)–C–C–N with tert-alkyl or cyclic N) is 1. The van der Waals surface area contributed by atoms with Crippen LogP contribution in [0, 0.1) is 0 Å². The van der Waals surface area contributed by atoms with Crippen LogP contribution in [-0.4, -0.2) is 44.8 Å². The van der Waals surface area contributed by atoms with Crippen LogP contribution in [0.3, 0.4) is 0 Å². The van der Waals surface area contributed by atoms with Gasteiger partial charge in [-0.3, -0.25) is 9.59 Å². The summed E-state index contributed by atoms with van der Waals surface area (Å²) < 4.78 is 0. The van der Waals surface area contributed by atoms with Crippen LogP contribution in [0.2, 0.25) is 5.02 Å². The smallest absolute Gasteiger partial charge is 0.275 e. The summed E-state index contributed by atoms with van der Waals surface area (Å²) in [6.07, 6.45) is 0.913. The van der Waals surface area contributed by atoms with Gasteiger partial charge in [-0.05, 0) is 30.2 Å². The molecule has 1 atom stereocenters. The molecule has 0 aliphatic carbocycles. The third kappa shape index (κ3) is 3.46. The number of H-pyrrole nitrogens is 1. The van der Waals surface area contributed by atoms with Gasteiger partial charge in [-0.25, -0.2) is 5.10 Å². The molecule has 2 aromatic carbocycles. The van der Waals surface area contributed by atoms with Crippen LogP contribution in [0.4, 0.5) is 0 Å². The third-order valence-corrected chi connectivity index (χ3v) is 5.22. The zero-order valence-corrected chi connectivity index (χ0v) is 15.2. The minimum Gasteiger partial charge on any atom is -0.388 e. The number of benzene rings is 2. The quantitative estimate of drug-likeness (QED) is 0.727. The van der Waals surface area contributed by atoms with E-state index in [0.717, 1.165) is 5.56 Å². The summed E-state index contributed by atoms with van der Waals surface area (Å²) in [6, 6.07) is 14.2. The van der Waals surface area contributed by atoms with Gasteiger partial charge in [0.15, 0.2) is 5.69 Å². The summed E-state index contributed by atoms with van der Waals surface area (Å²) in [6.45, 7) is 0.641. The number of amides is 1. The molecule has 3 aromatic rings. The first kappa shape index (κ1) is 17.7. The van der Waals surface area contributed by atoms with Crippen molar-refractivity contribution in [3.05, 3.63) is 75.2 Å². The van der Waals surface area contributed by atoms with Crippen molar-refractivity contribution in [3.63, 3.8) is 0 Å². The Labute approximate surface area is 160 Å². The molecule has 7 heteroatoms. The first-order valence-corrected chi connectivity index (χ1v) is 9.07. The first-order valence-electron chi connectivity index (χ1n) is 8.69. The molecule has 1 aromatic heterocycles. The van der Waals surface area contributed by atoms with Crippen LogP contribution >= 0.6 is 11.6 Å². The monoisotopic (exact) mass is 383 g/mol. The number of carbonyl (C=O) groups excluding carboxylic acids is 1. The molecule has 27 heavy (non-hydrogen) atoms. The van der Waals surface area contributed by atoms with Gasteiger partial charge in [0.05, 0.1) is 17.5 Å². The number of rotatable bonds is 3. The second-order valence-corrected chi connectivity index (χ2v) is 7.39. The van der Waals surface area contributed by atoms with Crippen molar-refractivity contribution >= 4 is 28.3 Å². The number of nitrogens with one attached hydrogen (secondary N) is 1. The first-order chi connectivity index (χ1) is 13.0. The molecule has 1 aliphatic rings. The number of fused-ring (bicyclic) bond motifs is 1. The van der Waals surface area contributed by atoms with E-state index in [1.807, 2.05) is 12.1 Å². The maximum atomic E-state index is 13.0. The van der Waals surface area contributed by atoms with E-state index < -0.39 is 5.60 Å². The minimum atomic E-state index is -0.999. The predicted octanol–water partition coefficient (Wildman–Crippen LogP) is 2.40. The Bertz CT molecular complexity index is 1060. The van der Waals surface area contributed by atoms with Crippen LogP contribution in [0.15, 0.2) is 53.3 Å². The van der Waals surface area contributed by atoms with Crippen LogP contribution in [0.25, 0.3) is 10.8 Å². The van der Waals surface area contributed by atoms with Crippen LogP contribution in [0.5, 0.6) is 0 Å². The Morgan fingerprint density at radius 1 is 1.19 bits per heavy atom. The number of nitrogens with zero attached hydrogens (tertiary/aromatic N) is 2. The van der Waals surface area contributed by atoms with E-state index in [2.05, 4.69) is 10.2 Å². The fourth-order valence-corrected chi connectivity index (χ4v) is 3.71. The molecule has 1 saturated heterocycles. The second kappa shape index (κ2) is 6.79. The lowest BCUT2D eigenvalue weighted by Crippen LogP contribution is -2.38. The normalized spacial score (nSPS) is 19.6. The van der Waals surface area contributed by atoms with E-state index in [1.165, 1.54) is 0 Å². The van der Waals surface area contributed by atoms with Crippen molar-refractivity contribution in [3.8, 4) is 0 Å². The van der Waals surface area contributed by atoms with E-state index >= 15 is 0 Å². The highest BCUT2D eigenvalue weighted by atomic mass is 35.5. The van der Waals surface area contributed by atoms with Gasteiger partial charge in [-0.1, -0.05) is 41.9 Å². The Morgan fingerprint density at radius 2 is 1.89 bits per heavy atom. The minimum absolute atomic E-state index is 0.195. The summed E-state index contributed by atoms with van der Waals surface area (Å²) in [5.74, 6) is -0.297. The number of likely N-dealkylation sites (tertiary alicyclic amines) is 1. The Morgan fingerprint density at radius 3 is 2.63 bits per heavy atom. The Kier molecular flexibility index (Phi) is 4.45. The largest absolute Gasteiger partial charge is 0.388 e.